The number of aryl methyl sites for hydroxylation is 1. The lowest BCUT2D eigenvalue weighted by molar-refractivity contribution is 0.221. The average molecular weight is 289 g/mol. The first kappa shape index (κ1) is 13.7. The Hall–Kier alpha value is -2.22. The molecule has 0 unspecified atom stereocenters. The van der Waals surface area contributed by atoms with Crippen LogP contribution in [0.3, 0.4) is 0 Å². The quantitative estimate of drug-likeness (QED) is 0.639. The van der Waals surface area contributed by atoms with Gasteiger partial charge in [0.2, 0.25) is 11.9 Å². The van der Waals surface area contributed by atoms with E-state index in [2.05, 4.69) is 25.4 Å². The van der Waals surface area contributed by atoms with Gasteiger partial charge in [-0.2, -0.15) is 15.0 Å². The molecule has 0 bridgehead atoms. The van der Waals surface area contributed by atoms with Crippen molar-refractivity contribution in [1.29, 1.82) is 0 Å². The third kappa shape index (κ3) is 2.80. The lowest BCUT2D eigenvalue weighted by Crippen LogP contribution is -2.17. The Bertz CT molecular complexity index is 637. The summed E-state index contributed by atoms with van der Waals surface area (Å²) in [4.78, 5) is 17.2. The molecular weight excluding hydrogens is 270 g/mol. The molecule has 3 N–H and O–H groups in total. The van der Waals surface area contributed by atoms with E-state index in [0.717, 1.165) is 30.7 Å². The van der Waals surface area contributed by atoms with E-state index >= 15 is 0 Å². The van der Waals surface area contributed by atoms with Crippen LogP contribution in [-0.4, -0.2) is 30.6 Å². The molecule has 0 amide bonds. The second-order valence-corrected chi connectivity index (χ2v) is 5.27. The maximum atomic E-state index is 5.55. The van der Waals surface area contributed by atoms with E-state index in [0.29, 0.717) is 5.95 Å². The van der Waals surface area contributed by atoms with Gasteiger partial charge in [0.15, 0.2) is 0 Å². The van der Waals surface area contributed by atoms with Gasteiger partial charge in [-0.05, 0) is 39.5 Å². The van der Waals surface area contributed by atoms with Crippen molar-refractivity contribution in [2.24, 2.45) is 5.84 Å². The number of hydrazine groups is 1. The molecule has 8 heteroatoms. The summed E-state index contributed by atoms with van der Waals surface area (Å²) >= 11 is 0. The molecule has 0 aromatic carbocycles. The smallest absolute Gasteiger partial charge is 0.323 e. The van der Waals surface area contributed by atoms with Crippen molar-refractivity contribution in [3.8, 4) is 12.0 Å². The Morgan fingerprint density at radius 3 is 2.81 bits per heavy atom. The van der Waals surface area contributed by atoms with E-state index in [4.69, 9.17) is 10.6 Å². The molecule has 0 saturated heterocycles. The number of hydrogen-bond donors (Lipinski definition) is 2. The van der Waals surface area contributed by atoms with E-state index < -0.39 is 0 Å². The van der Waals surface area contributed by atoms with Gasteiger partial charge >= 0.3 is 6.01 Å². The molecular formula is C13H19N7O. The van der Waals surface area contributed by atoms with Crippen LogP contribution in [0.5, 0.6) is 6.01 Å². The summed E-state index contributed by atoms with van der Waals surface area (Å²) in [5.41, 5.74) is 4.73. The number of ether oxygens (including phenoxy) is 1. The van der Waals surface area contributed by atoms with Crippen LogP contribution in [0, 0.1) is 0 Å². The molecule has 0 saturated carbocycles. The Morgan fingerprint density at radius 1 is 1.24 bits per heavy atom. The van der Waals surface area contributed by atoms with Crippen molar-refractivity contribution in [1.82, 2.24) is 24.5 Å². The van der Waals surface area contributed by atoms with Crippen molar-refractivity contribution in [3.63, 3.8) is 0 Å². The maximum Gasteiger partial charge on any atom is 0.323 e. The molecule has 0 aliphatic heterocycles. The van der Waals surface area contributed by atoms with Crippen LogP contribution < -0.4 is 16.0 Å². The number of anilines is 1. The molecule has 21 heavy (non-hydrogen) atoms. The van der Waals surface area contributed by atoms with Crippen molar-refractivity contribution in [2.45, 2.75) is 45.6 Å². The summed E-state index contributed by atoms with van der Waals surface area (Å²) in [6.07, 6.45) is 6.05. The highest BCUT2D eigenvalue weighted by molar-refractivity contribution is 5.32. The number of hydrogen-bond acceptors (Lipinski definition) is 7. The molecule has 1 aliphatic rings. The first-order chi connectivity index (χ1) is 10.2. The molecule has 2 aromatic heterocycles. The summed E-state index contributed by atoms with van der Waals surface area (Å²) in [5.74, 6) is 6.17. The highest BCUT2D eigenvalue weighted by Crippen LogP contribution is 2.22. The highest BCUT2D eigenvalue weighted by Gasteiger charge is 2.19. The van der Waals surface area contributed by atoms with Crippen molar-refractivity contribution >= 4 is 5.95 Å². The van der Waals surface area contributed by atoms with E-state index in [1.165, 1.54) is 6.42 Å². The first-order valence-electron chi connectivity index (χ1n) is 7.12. The van der Waals surface area contributed by atoms with Crippen LogP contribution >= 0.6 is 0 Å². The first-order valence-corrected chi connectivity index (χ1v) is 7.12. The second-order valence-electron chi connectivity index (χ2n) is 5.27. The van der Waals surface area contributed by atoms with Gasteiger partial charge in [0, 0.05) is 5.69 Å². The second kappa shape index (κ2) is 5.65. The van der Waals surface area contributed by atoms with Crippen molar-refractivity contribution < 1.29 is 4.74 Å². The molecule has 8 nitrogen and oxygen atoms in total. The Labute approximate surface area is 122 Å². The zero-order chi connectivity index (χ0) is 14.8. The third-order valence-corrected chi connectivity index (χ3v) is 3.32. The summed E-state index contributed by atoms with van der Waals surface area (Å²) in [7, 11) is 0. The minimum absolute atomic E-state index is 0.0254. The number of nitrogens with two attached hydrogens (primary N) is 1. The summed E-state index contributed by atoms with van der Waals surface area (Å²) in [6, 6.07) is 0.251. The van der Waals surface area contributed by atoms with Crippen molar-refractivity contribution in [3.05, 3.63) is 17.7 Å². The van der Waals surface area contributed by atoms with Gasteiger partial charge in [-0.3, -0.25) is 9.99 Å². The van der Waals surface area contributed by atoms with E-state index in [9.17, 15) is 0 Å². The molecule has 2 aromatic rings. The highest BCUT2D eigenvalue weighted by atomic mass is 16.5. The molecule has 3 rings (SSSR count). The number of fused-ring (bicyclic) bond motifs is 1. The van der Waals surface area contributed by atoms with Crippen LogP contribution in [-0.2, 0) is 12.8 Å². The van der Waals surface area contributed by atoms with E-state index in [1.807, 2.05) is 18.4 Å². The monoisotopic (exact) mass is 289 g/mol. The zero-order valence-electron chi connectivity index (χ0n) is 12.2. The van der Waals surface area contributed by atoms with Crippen LogP contribution in [0.2, 0.25) is 0 Å². The van der Waals surface area contributed by atoms with Gasteiger partial charge in [0.1, 0.15) is 6.33 Å². The average Bonchev–Trinajstić information content (AvgIpc) is 2.90. The summed E-state index contributed by atoms with van der Waals surface area (Å²) in [5, 5.41) is 0. The minimum atomic E-state index is -0.0254. The number of aromatic nitrogens is 5. The van der Waals surface area contributed by atoms with Gasteiger partial charge in [-0.1, -0.05) is 0 Å². The predicted octanol–water partition coefficient (Wildman–Crippen LogP) is 1.01. The molecule has 112 valence electrons. The Balaban J connectivity index is 2.03. The lowest BCUT2D eigenvalue weighted by atomic mass is 10.0. The van der Waals surface area contributed by atoms with Crippen LogP contribution in [0.25, 0.3) is 5.95 Å². The fourth-order valence-corrected chi connectivity index (χ4v) is 2.42. The minimum Gasteiger partial charge on any atom is -0.461 e. The van der Waals surface area contributed by atoms with Crippen molar-refractivity contribution in [2.75, 3.05) is 5.43 Å². The zero-order valence-corrected chi connectivity index (χ0v) is 12.2. The standard InChI is InChI=1S/C13H19N7O/c1-8(2)21-13-17-11(19-14)16-12(18-13)20-7-15-9-5-3-4-6-10(9)20/h7-8H,3-6,14H2,1-2H3,(H,16,17,18,19). The lowest BCUT2D eigenvalue weighted by Gasteiger charge is -2.14. The largest absolute Gasteiger partial charge is 0.461 e. The summed E-state index contributed by atoms with van der Waals surface area (Å²) in [6.45, 7) is 3.83. The molecule has 0 atom stereocenters. The Morgan fingerprint density at radius 2 is 2.05 bits per heavy atom. The van der Waals surface area contributed by atoms with Crippen LogP contribution in [0.4, 0.5) is 5.95 Å². The maximum absolute atomic E-state index is 5.55. The number of nitrogens with one attached hydrogen (secondary N) is 1. The fourth-order valence-electron chi connectivity index (χ4n) is 2.42. The molecule has 1 aliphatic carbocycles. The van der Waals surface area contributed by atoms with E-state index in [-0.39, 0.29) is 18.1 Å². The number of nitrogen functional groups attached to an aromatic ring is 1. The van der Waals surface area contributed by atoms with Crippen LogP contribution in [0.15, 0.2) is 6.33 Å². The molecule has 0 spiro atoms. The fraction of sp³-hybridized carbons (Fsp3) is 0.538. The number of nitrogens with zero attached hydrogens (tertiary/aromatic N) is 5. The molecule has 0 fully saturated rings. The van der Waals surface area contributed by atoms with Gasteiger partial charge in [-0.15, -0.1) is 0 Å². The van der Waals surface area contributed by atoms with Crippen LogP contribution in [0.1, 0.15) is 38.1 Å². The topological polar surface area (TPSA) is 104 Å². The third-order valence-electron chi connectivity index (χ3n) is 3.32. The SMILES string of the molecule is CC(C)Oc1nc(NN)nc(-n2cnc3c2CCCC3)n1. The van der Waals surface area contributed by atoms with Gasteiger partial charge < -0.3 is 4.74 Å². The summed E-state index contributed by atoms with van der Waals surface area (Å²) < 4.78 is 7.44. The molecule has 0 radical (unpaired) electrons. The normalized spacial score (nSPS) is 14.1. The number of imidazole rings is 1. The predicted molar refractivity (Wildman–Crippen MR) is 77.2 cm³/mol. The number of rotatable bonds is 4. The molecule has 2 heterocycles. The van der Waals surface area contributed by atoms with Gasteiger partial charge in [0.25, 0.3) is 0 Å². The van der Waals surface area contributed by atoms with Gasteiger partial charge in [-0.25, -0.2) is 10.8 Å². The van der Waals surface area contributed by atoms with Gasteiger partial charge in [0.05, 0.1) is 11.8 Å². The van der Waals surface area contributed by atoms with E-state index in [1.54, 1.807) is 6.33 Å². The Kier molecular flexibility index (Phi) is 3.70.